The topological polar surface area (TPSA) is 41.1 Å². The Kier molecular flexibility index (Phi) is 4.77. The molecule has 0 aromatic heterocycles. The SMILES string of the molecule is CNC(=O)C(C)N[C@H](C)c1cccc(Cl)c1. The van der Waals surface area contributed by atoms with Gasteiger partial charge in [0.1, 0.15) is 0 Å². The molecule has 1 aromatic carbocycles. The lowest BCUT2D eigenvalue weighted by molar-refractivity contribution is -0.122. The summed E-state index contributed by atoms with van der Waals surface area (Å²) in [6.45, 7) is 3.84. The number of hydrogen-bond donors (Lipinski definition) is 2. The Morgan fingerprint density at radius 3 is 2.62 bits per heavy atom. The fourth-order valence-electron chi connectivity index (χ4n) is 1.54. The Morgan fingerprint density at radius 1 is 1.38 bits per heavy atom. The van der Waals surface area contributed by atoms with Gasteiger partial charge < -0.3 is 5.32 Å². The molecule has 88 valence electrons. The normalized spacial score (nSPS) is 14.2. The van der Waals surface area contributed by atoms with E-state index in [9.17, 15) is 4.79 Å². The zero-order valence-corrected chi connectivity index (χ0v) is 10.5. The average molecular weight is 241 g/mol. The second kappa shape index (κ2) is 5.87. The predicted octanol–water partition coefficient (Wildman–Crippen LogP) is 2.13. The Labute approximate surface area is 101 Å². The van der Waals surface area contributed by atoms with E-state index in [2.05, 4.69) is 10.6 Å². The van der Waals surface area contributed by atoms with Crippen LogP contribution in [0.5, 0.6) is 0 Å². The van der Waals surface area contributed by atoms with Gasteiger partial charge in [0.05, 0.1) is 6.04 Å². The molecule has 1 unspecified atom stereocenters. The molecule has 2 atom stereocenters. The molecule has 0 aliphatic rings. The second-order valence-corrected chi connectivity index (χ2v) is 4.22. The number of amides is 1. The van der Waals surface area contributed by atoms with Gasteiger partial charge in [-0.25, -0.2) is 0 Å². The molecule has 4 heteroatoms. The van der Waals surface area contributed by atoms with Crippen molar-refractivity contribution in [3.8, 4) is 0 Å². The number of carbonyl (C=O) groups is 1. The molecule has 0 saturated carbocycles. The lowest BCUT2D eigenvalue weighted by atomic mass is 10.1. The van der Waals surface area contributed by atoms with E-state index in [1.54, 1.807) is 7.05 Å². The van der Waals surface area contributed by atoms with Gasteiger partial charge in [0.2, 0.25) is 5.91 Å². The molecule has 2 N–H and O–H groups in total. The van der Waals surface area contributed by atoms with Gasteiger partial charge in [0.25, 0.3) is 0 Å². The van der Waals surface area contributed by atoms with E-state index in [0.29, 0.717) is 5.02 Å². The van der Waals surface area contributed by atoms with Gasteiger partial charge in [-0.05, 0) is 31.5 Å². The number of benzene rings is 1. The maximum absolute atomic E-state index is 11.3. The molecule has 0 saturated heterocycles. The summed E-state index contributed by atoms with van der Waals surface area (Å²) in [4.78, 5) is 11.3. The van der Waals surface area contributed by atoms with Crippen molar-refractivity contribution in [3.63, 3.8) is 0 Å². The van der Waals surface area contributed by atoms with Crippen LogP contribution in [0.2, 0.25) is 5.02 Å². The molecule has 0 bridgehead atoms. The Morgan fingerprint density at radius 2 is 2.06 bits per heavy atom. The van der Waals surface area contributed by atoms with Crippen molar-refractivity contribution in [2.45, 2.75) is 25.9 Å². The van der Waals surface area contributed by atoms with E-state index in [1.165, 1.54) is 0 Å². The first-order chi connectivity index (χ1) is 7.54. The molecule has 1 amide bonds. The van der Waals surface area contributed by atoms with Crippen molar-refractivity contribution in [1.82, 2.24) is 10.6 Å². The Hall–Kier alpha value is -1.06. The van der Waals surface area contributed by atoms with Crippen LogP contribution in [0.1, 0.15) is 25.5 Å². The summed E-state index contributed by atoms with van der Waals surface area (Å²) >= 11 is 5.91. The molecule has 1 rings (SSSR count). The van der Waals surface area contributed by atoms with Crippen LogP contribution < -0.4 is 10.6 Å². The number of halogens is 1. The van der Waals surface area contributed by atoms with E-state index in [4.69, 9.17) is 11.6 Å². The van der Waals surface area contributed by atoms with E-state index < -0.39 is 0 Å². The van der Waals surface area contributed by atoms with Gasteiger partial charge in [-0.1, -0.05) is 23.7 Å². The lowest BCUT2D eigenvalue weighted by Crippen LogP contribution is -2.41. The van der Waals surface area contributed by atoms with Crippen LogP contribution in [0.3, 0.4) is 0 Å². The Bertz CT molecular complexity index is 368. The summed E-state index contributed by atoms with van der Waals surface area (Å²) in [5.74, 6) is -0.0196. The first kappa shape index (κ1) is 13.0. The fraction of sp³-hybridized carbons (Fsp3) is 0.417. The van der Waals surface area contributed by atoms with Gasteiger partial charge in [0, 0.05) is 18.1 Å². The number of rotatable bonds is 4. The van der Waals surface area contributed by atoms with Crippen LogP contribution in [0.25, 0.3) is 0 Å². The van der Waals surface area contributed by atoms with Crippen molar-refractivity contribution < 1.29 is 4.79 Å². The van der Waals surface area contributed by atoms with Crippen molar-refractivity contribution in [3.05, 3.63) is 34.9 Å². The molecular formula is C12H17ClN2O. The third kappa shape index (κ3) is 3.51. The highest BCUT2D eigenvalue weighted by atomic mass is 35.5. The fourth-order valence-corrected chi connectivity index (χ4v) is 1.74. The molecular weight excluding hydrogens is 224 g/mol. The standard InChI is InChI=1S/C12H17ClN2O/c1-8(15-9(2)12(16)14-3)10-5-4-6-11(13)7-10/h4-9,15H,1-3H3,(H,14,16)/t8-,9?/m1/s1. The molecule has 0 aliphatic carbocycles. The average Bonchev–Trinajstić information content (AvgIpc) is 2.27. The third-order valence-corrected chi connectivity index (χ3v) is 2.72. The number of nitrogens with one attached hydrogen (secondary N) is 2. The van der Waals surface area contributed by atoms with Crippen molar-refractivity contribution in [2.24, 2.45) is 0 Å². The molecule has 3 nitrogen and oxygen atoms in total. The highest BCUT2D eigenvalue weighted by molar-refractivity contribution is 6.30. The summed E-state index contributed by atoms with van der Waals surface area (Å²) in [7, 11) is 1.63. The minimum atomic E-state index is -0.223. The van der Waals surface area contributed by atoms with Crippen molar-refractivity contribution in [2.75, 3.05) is 7.05 Å². The van der Waals surface area contributed by atoms with Gasteiger partial charge in [-0.3, -0.25) is 10.1 Å². The second-order valence-electron chi connectivity index (χ2n) is 3.78. The van der Waals surface area contributed by atoms with Crippen LogP contribution in [0.4, 0.5) is 0 Å². The molecule has 0 fully saturated rings. The molecule has 0 spiro atoms. The third-order valence-electron chi connectivity index (χ3n) is 2.49. The highest BCUT2D eigenvalue weighted by Crippen LogP contribution is 2.17. The van der Waals surface area contributed by atoms with Gasteiger partial charge in [-0.2, -0.15) is 0 Å². The molecule has 16 heavy (non-hydrogen) atoms. The summed E-state index contributed by atoms with van der Waals surface area (Å²) < 4.78 is 0. The lowest BCUT2D eigenvalue weighted by Gasteiger charge is -2.19. The van der Waals surface area contributed by atoms with E-state index in [0.717, 1.165) is 5.56 Å². The monoisotopic (exact) mass is 240 g/mol. The predicted molar refractivity (Wildman–Crippen MR) is 66.5 cm³/mol. The minimum Gasteiger partial charge on any atom is -0.358 e. The first-order valence-corrected chi connectivity index (χ1v) is 5.65. The van der Waals surface area contributed by atoms with E-state index in [1.807, 2.05) is 38.1 Å². The Balaban J connectivity index is 2.65. The molecule has 0 aliphatic heterocycles. The summed E-state index contributed by atoms with van der Waals surface area (Å²) in [5.41, 5.74) is 1.07. The number of hydrogen-bond acceptors (Lipinski definition) is 2. The van der Waals surface area contributed by atoms with Crippen LogP contribution in [-0.2, 0) is 4.79 Å². The number of likely N-dealkylation sites (N-methyl/N-ethyl adjacent to an activating group) is 1. The zero-order valence-electron chi connectivity index (χ0n) is 9.75. The summed E-state index contributed by atoms with van der Waals surface area (Å²) in [6.07, 6.45) is 0. The maximum Gasteiger partial charge on any atom is 0.236 e. The van der Waals surface area contributed by atoms with Gasteiger partial charge in [-0.15, -0.1) is 0 Å². The number of carbonyl (C=O) groups excluding carboxylic acids is 1. The van der Waals surface area contributed by atoms with Crippen molar-refractivity contribution >= 4 is 17.5 Å². The van der Waals surface area contributed by atoms with E-state index >= 15 is 0 Å². The van der Waals surface area contributed by atoms with Crippen molar-refractivity contribution in [1.29, 1.82) is 0 Å². The minimum absolute atomic E-state index is 0.0196. The smallest absolute Gasteiger partial charge is 0.236 e. The highest BCUT2D eigenvalue weighted by Gasteiger charge is 2.14. The zero-order chi connectivity index (χ0) is 12.1. The molecule has 0 heterocycles. The molecule has 1 aromatic rings. The van der Waals surface area contributed by atoms with Gasteiger partial charge in [0.15, 0.2) is 0 Å². The summed E-state index contributed by atoms with van der Waals surface area (Å²) in [5, 5.41) is 6.52. The van der Waals surface area contributed by atoms with E-state index in [-0.39, 0.29) is 18.0 Å². The summed E-state index contributed by atoms with van der Waals surface area (Å²) in [6, 6.07) is 7.49. The first-order valence-electron chi connectivity index (χ1n) is 5.27. The molecule has 0 radical (unpaired) electrons. The largest absolute Gasteiger partial charge is 0.358 e. The van der Waals surface area contributed by atoms with Crippen LogP contribution in [0, 0.1) is 0 Å². The quantitative estimate of drug-likeness (QED) is 0.847. The van der Waals surface area contributed by atoms with Crippen LogP contribution in [0.15, 0.2) is 24.3 Å². The van der Waals surface area contributed by atoms with Crippen LogP contribution in [-0.4, -0.2) is 19.0 Å². The van der Waals surface area contributed by atoms with Gasteiger partial charge >= 0.3 is 0 Å². The van der Waals surface area contributed by atoms with Crippen LogP contribution >= 0.6 is 11.6 Å². The maximum atomic E-state index is 11.3.